The molecule has 2 heterocycles. The van der Waals surface area contributed by atoms with Crippen LogP contribution in [0.5, 0.6) is 0 Å². The Hall–Kier alpha value is -2.02. The minimum absolute atomic E-state index is 0.291. The van der Waals surface area contributed by atoms with E-state index >= 15 is 0 Å². The van der Waals surface area contributed by atoms with Crippen LogP contribution in [-0.2, 0) is 19.0 Å². The van der Waals surface area contributed by atoms with Crippen molar-refractivity contribution in [2.24, 2.45) is 12.0 Å². The number of nitrogens with one attached hydrogen (secondary N) is 1. The van der Waals surface area contributed by atoms with Crippen LogP contribution < -0.4 is 10.2 Å². The maximum Gasteiger partial charge on any atom is 0.198 e. The van der Waals surface area contributed by atoms with Gasteiger partial charge in [0, 0.05) is 31.2 Å². The summed E-state index contributed by atoms with van der Waals surface area (Å²) in [6.07, 6.45) is 8.50. The smallest absolute Gasteiger partial charge is 0.198 e. The molecule has 29 heavy (non-hydrogen) atoms. The third kappa shape index (κ3) is 4.02. The molecule has 1 aromatic heterocycles. The van der Waals surface area contributed by atoms with Gasteiger partial charge in [0.15, 0.2) is 11.8 Å². The predicted octanol–water partition coefficient (Wildman–Crippen LogP) is 3.65. The fourth-order valence-corrected chi connectivity index (χ4v) is 5.12. The first kappa shape index (κ1) is 20.3. The van der Waals surface area contributed by atoms with Gasteiger partial charge in [-0.3, -0.25) is 0 Å². The summed E-state index contributed by atoms with van der Waals surface area (Å²) in [4.78, 5) is 7.42. The van der Waals surface area contributed by atoms with Crippen molar-refractivity contribution < 1.29 is 0 Å². The fraction of sp³-hybridized carbons (Fsp3) is 0.591. The lowest BCUT2D eigenvalue weighted by molar-refractivity contribution is 0.478. The minimum Gasteiger partial charge on any atom is -0.356 e. The van der Waals surface area contributed by atoms with Crippen molar-refractivity contribution in [3.63, 3.8) is 0 Å². The first-order valence-electron chi connectivity index (χ1n) is 10.6. The van der Waals surface area contributed by atoms with Gasteiger partial charge in [-0.25, -0.2) is 4.99 Å². The zero-order chi connectivity index (χ0) is 20.3. The summed E-state index contributed by atoms with van der Waals surface area (Å²) >= 11 is 1.89. The van der Waals surface area contributed by atoms with E-state index in [1.54, 1.807) is 0 Å². The molecule has 0 saturated heterocycles. The number of fused-ring (bicyclic) bond motifs is 2. The van der Waals surface area contributed by atoms with Crippen LogP contribution in [0.3, 0.4) is 0 Å². The topological polar surface area (TPSA) is 58.3 Å². The van der Waals surface area contributed by atoms with E-state index in [0.717, 1.165) is 42.9 Å². The maximum absolute atomic E-state index is 5.00. The Balaban J connectivity index is 1.62. The molecular weight excluding hydrogens is 380 g/mol. The van der Waals surface area contributed by atoms with Crippen molar-refractivity contribution in [2.75, 3.05) is 30.0 Å². The highest BCUT2D eigenvalue weighted by atomic mass is 32.2. The molecule has 2 aliphatic rings. The number of para-hydroxylation sites is 1. The molecule has 6 nitrogen and oxygen atoms in total. The highest BCUT2D eigenvalue weighted by molar-refractivity contribution is 7.98. The van der Waals surface area contributed by atoms with Crippen molar-refractivity contribution in [1.29, 1.82) is 0 Å². The van der Waals surface area contributed by atoms with Crippen LogP contribution in [0, 0.1) is 6.92 Å². The van der Waals surface area contributed by atoms with E-state index in [-0.39, 0.29) is 0 Å². The molecule has 1 fully saturated rings. The van der Waals surface area contributed by atoms with E-state index < -0.39 is 0 Å². The highest BCUT2D eigenvalue weighted by Gasteiger charge is 2.45. The molecule has 0 radical (unpaired) electrons. The monoisotopic (exact) mass is 412 g/mol. The van der Waals surface area contributed by atoms with Crippen LogP contribution >= 0.6 is 11.8 Å². The molecule has 4 rings (SSSR count). The molecule has 1 aliphatic carbocycles. The SMILES string of the molecule is CSCCCNC(=NCc1nnc(C)n1C)N1CC2(CCCC2)c2ccccc21. The number of hydrogen-bond acceptors (Lipinski definition) is 4. The molecule has 1 aromatic carbocycles. The third-order valence-electron chi connectivity index (χ3n) is 6.40. The number of hydrogen-bond donors (Lipinski definition) is 1. The Morgan fingerprint density at radius 2 is 2.03 bits per heavy atom. The lowest BCUT2D eigenvalue weighted by Gasteiger charge is -2.27. The van der Waals surface area contributed by atoms with Gasteiger partial charge >= 0.3 is 0 Å². The summed E-state index contributed by atoms with van der Waals surface area (Å²) < 4.78 is 2.02. The predicted molar refractivity (Wildman–Crippen MR) is 122 cm³/mol. The number of rotatable bonds is 6. The zero-order valence-electron chi connectivity index (χ0n) is 17.8. The number of guanidine groups is 1. The average molecular weight is 413 g/mol. The molecule has 1 aliphatic heterocycles. The van der Waals surface area contributed by atoms with Crippen molar-refractivity contribution >= 4 is 23.4 Å². The molecule has 0 atom stereocenters. The Morgan fingerprint density at radius 1 is 1.24 bits per heavy atom. The molecule has 2 aromatic rings. The van der Waals surface area contributed by atoms with Crippen molar-refractivity contribution in [3.05, 3.63) is 41.5 Å². The molecular formula is C22H32N6S. The van der Waals surface area contributed by atoms with E-state index in [4.69, 9.17) is 4.99 Å². The van der Waals surface area contributed by atoms with Crippen molar-refractivity contribution in [3.8, 4) is 0 Å². The second kappa shape index (κ2) is 8.78. The van der Waals surface area contributed by atoms with Gasteiger partial charge in [0.2, 0.25) is 0 Å². The van der Waals surface area contributed by atoms with Gasteiger partial charge < -0.3 is 14.8 Å². The van der Waals surface area contributed by atoms with Crippen molar-refractivity contribution in [1.82, 2.24) is 20.1 Å². The normalized spacial score (nSPS) is 17.9. The van der Waals surface area contributed by atoms with E-state index in [9.17, 15) is 0 Å². The Bertz CT molecular complexity index is 868. The van der Waals surface area contributed by atoms with Gasteiger partial charge in [-0.2, -0.15) is 11.8 Å². The number of benzene rings is 1. The lowest BCUT2D eigenvalue weighted by Crippen LogP contribution is -2.44. The van der Waals surface area contributed by atoms with E-state index in [1.165, 1.54) is 36.9 Å². The number of aromatic nitrogens is 3. The average Bonchev–Trinajstić information content (AvgIpc) is 3.43. The van der Waals surface area contributed by atoms with Crippen LogP contribution in [0.1, 0.15) is 49.3 Å². The first-order valence-corrected chi connectivity index (χ1v) is 12.0. The first-order chi connectivity index (χ1) is 14.1. The Kier molecular flexibility index (Phi) is 6.13. The minimum atomic E-state index is 0.291. The number of anilines is 1. The molecule has 1 N–H and O–H groups in total. The quantitative estimate of drug-likeness (QED) is 0.446. The van der Waals surface area contributed by atoms with Crippen LogP contribution in [0.25, 0.3) is 0 Å². The standard InChI is InChI=1S/C22H32N6S/c1-17-25-26-20(27(17)2)15-24-21(23-13-8-14-29-3)28-16-22(11-6-7-12-22)18-9-4-5-10-19(18)28/h4-5,9-10H,6-8,11-16H2,1-3H3,(H,23,24). The van der Waals surface area contributed by atoms with Crippen LogP contribution in [-0.4, -0.2) is 45.8 Å². The summed E-state index contributed by atoms with van der Waals surface area (Å²) in [5, 5.41) is 12.1. The van der Waals surface area contributed by atoms with Gasteiger partial charge in [0.05, 0.1) is 0 Å². The molecule has 0 amide bonds. The molecule has 156 valence electrons. The number of aryl methyl sites for hydroxylation is 1. The van der Waals surface area contributed by atoms with Crippen LogP contribution in [0.4, 0.5) is 5.69 Å². The van der Waals surface area contributed by atoms with Gasteiger partial charge in [-0.05, 0) is 49.8 Å². The fourth-order valence-electron chi connectivity index (χ4n) is 4.69. The summed E-state index contributed by atoms with van der Waals surface area (Å²) in [6, 6.07) is 8.93. The van der Waals surface area contributed by atoms with Gasteiger partial charge in [-0.1, -0.05) is 31.0 Å². The highest BCUT2D eigenvalue weighted by Crippen LogP contribution is 2.50. The summed E-state index contributed by atoms with van der Waals surface area (Å²) in [5.41, 5.74) is 3.12. The largest absolute Gasteiger partial charge is 0.356 e. The number of nitrogens with zero attached hydrogens (tertiary/aromatic N) is 5. The van der Waals surface area contributed by atoms with E-state index in [2.05, 4.69) is 50.9 Å². The summed E-state index contributed by atoms with van der Waals surface area (Å²) in [7, 11) is 2.00. The summed E-state index contributed by atoms with van der Waals surface area (Å²) in [6.45, 7) is 4.47. The van der Waals surface area contributed by atoms with E-state index in [0.29, 0.717) is 12.0 Å². The Morgan fingerprint density at radius 3 is 2.76 bits per heavy atom. The van der Waals surface area contributed by atoms with Crippen LogP contribution in [0.2, 0.25) is 0 Å². The number of thioether (sulfide) groups is 1. The summed E-state index contributed by atoms with van der Waals surface area (Å²) in [5.74, 6) is 3.95. The second-order valence-corrected chi connectivity index (χ2v) is 9.21. The molecule has 7 heteroatoms. The van der Waals surface area contributed by atoms with Crippen LogP contribution in [0.15, 0.2) is 29.3 Å². The third-order valence-corrected chi connectivity index (χ3v) is 7.10. The van der Waals surface area contributed by atoms with Crippen molar-refractivity contribution in [2.45, 2.75) is 51.0 Å². The second-order valence-electron chi connectivity index (χ2n) is 8.23. The molecule has 0 unspecified atom stereocenters. The zero-order valence-corrected chi connectivity index (χ0v) is 18.6. The molecule has 0 bridgehead atoms. The van der Waals surface area contributed by atoms with Gasteiger partial charge in [0.1, 0.15) is 12.4 Å². The lowest BCUT2D eigenvalue weighted by atomic mass is 9.81. The Labute approximate surface area is 178 Å². The van der Waals surface area contributed by atoms with E-state index in [1.807, 2.05) is 30.3 Å². The maximum atomic E-state index is 5.00. The molecule has 1 saturated carbocycles. The van der Waals surface area contributed by atoms with Gasteiger partial charge in [-0.15, -0.1) is 10.2 Å². The number of aliphatic imine (C=N–C) groups is 1. The van der Waals surface area contributed by atoms with Gasteiger partial charge in [0.25, 0.3) is 0 Å². The molecule has 1 spiro atoms.